The lowest BCUT2D eigenvalue weighted by Crippen LogP contribution is -2.40. The molecule has 0 fully saturated rings. The minimum absolute atomic E-state index is 0.172. The third-order valence-corrected chi connectivity index (χ3v) is 3.58. The van der Waals surface area contributed by atoms with Crippen LogP contribution in [0.15, 0.2) is 18.2 Å². The molecule has 1 N–H and O–H groups in total. The second kappa shape index (κ2) is 5.78. The quantitative estimate of drug-likeness (QED) is 0.887. The van der Waals surface area contributed by atoms with Crippen molar-refractivity contribution in [2.75, 3.05) is 26.8 Å². The molecule has 2 atom stereocenters. The number of fused-ring (bicyclic) bond motifs is 1. The van der Waals surface area contributed by atoms with E-state index < -0.39 is 6.10 Å². The highest BCUT2D eigenvalue weighted by molar-refractivity contribution is 5.32. The molecule has 0 radical (unpaired) electrons. The van der Waals surface area contributed by atoms with E-state index in [0.29, 0.717) is 13.2 Å². The van der Waals surface area contributed by atoms with Gasteiger partial charge in [-0.1, -0.05) is 6.07 Å². The van der Waals surface area contributed by atoms with E-state index >= 15 is 0 Å². The Kier molecular flexibility index (Phi) is 4.32. The van der Waals surface area contributed by atoms with Crippen LogP contribution in [0.3, 0.4) is 0 Å². The number of rotatable bonds is 4. The van der Waals surface area contributed by atoms with Gasteiger partial charge in [0.05, 0.1) is 12.7 Å². The number of β-amino-alcohol motifs (C(OH)–C–C–N with tert-alkyl or cyclic N) is 1. The van der Waals surface area contributed by atoms with E-state index in [1.54, 1.807) is 13.2 Å². The fourth-order valence-corrected chi connectivity index (χ4v) is 2.62. The Balaban J connectivity index is 2.08. The van der Waals surface area contributed by atoms with Crippen molar-refractivity contribution in [3.8, 4) is 0 Å². The van der Waals surface area contributed by atoms with Crippen molar-refractivity contribution in [3.05, 3.63) is 35.1 Å². The number of benzene rings is 1. The average Bonchev–Trinajstić information content (AvgIpc) is 2.33. The molecule has 0 amide bonds. The van der Waals surface area contributed by atoms with Gasteiger partial charge in [0.1, 0.15) is 5.82 Å². The molecule has 2 rings (SSSR count). The Hall–Kier alpha value is -0.970. The molecule has 1 aromatic rings. The molecular weight excluding hydrogens is 233 g/mol. The molecular formula is C14H20FNO2. The molecule has 1 aromatic carbocycles. The van der Waals surface area contributed by atoms with Crippen molar-refractivity contribution in [1.82, 2.24) is 4.90 Å². The molecule has 1 aliphatic rings. The summed E-state index contributed by atoms with van der Waals surface area (Å²) in [6.45, 7) is 3.87. The Morgan fingerprint density at radius 3 is 3.06 bits per heavy atom. The van der Waals surface area contributed by atoms with E-state index in [4.69, 9.17) is 4.74 Å². The first-order valence-electron chi connectivity index (χ1n) is 6.31. The number of hydrogen-bond acceptors (Lipinski definition) is 3. The van der Waals surface area contributed by atoms with Gasteiger partial charge in [-0.15, -0.1) is 0 Å². The average molecular weight is 253 g/mol. The highest BCUT2D eigenvalue weighted by atomic mass is 19.1. The Labute approximate surface area is 107 Å². The molecule has 0 aliphatic carbocycles. The molecule has 0 spiro atoms. The van der Waals surface area contributed by atoms with Gasteiger partial charge in [-0.05, 0) is 36.6 Å². The first-order valence-corrected chi connectivity index (χ1v) is 6.31. The van der Waals surface area contributed by atoms with Crippen molar-refractivity contribution >= 4 is 0 Å². The summed E-state index contributed by atoms with van der Waals surface area (Å²) in [5, 5.41) is 9.78. The zero-order chi connectivity index (χ0) is 13.1. The molecule has 0 saturated carbocycles. The fourth-order valence-electron chi connectivity index (χ4n) is 2.62. The molecule has 1 aliphatic heterocycles. The minimum Gasteiger partial charge on any atom is -0.389 e. The largest absolute Gasteiger partial charge is 0.389 e. The molecule has 0 saturated heterocycles. The zero-order valence-corrected chi connectivity index (χ0v) is 10.9. The van der Waals surface area contributed by atoms with Crippen molar-refractivity contribution in [1.29, 1.82) is 0 Å². The third kappa shape index (κ3) is 2.88. The van der Waals surface area contributed by atoms with Crippen LogP contribution in [0.25, 0.3) is 0 Å². The number of nitrogens with zero attached hydrogens (tertiary/aromatic N) is 1. The van der Waals surface area contributed by atoms with E-state index in [1.807, 2.05) is 6.07 Å². The van der Waals surface area contributed by atoms with Crippen molar-refractivity contribution in [2.24, 2.45) is 0 Å². The van der Waals surface area contributed by atoms with Gasteiger partial charge in [-0.2, -0.15) is 0 Å². The number of ether oxygens (including phenoxy) is 1. The van der Waals surface area contributed by atoms with Crippen LogP contribution in [0.5, 0.6) is 0 Å². The molecule has 0 unspecified atom stereocenters. The van der Waals surface area contributed by atoms with Crippen LogP contribution < -0.4 is 0 Å². The second-order valence-electron chi connectivity index (χ2n) is 4.87. The Morgan fingerprint density at radius 1 is 1.56 bits per heavy atom. The van der Waals surface area contributed by atoms with Crippen LogP contribution in [0, 0.1) is 5.82 Å². The SMILES string of the molecule is COC[C@H](O)CN1CCc2cc(F)ccc2[C@@H]1C. The second-order valence-corrected chi connectivity index (χ2v) is 4.87. The third-order valence-electron chi connectivity index (χ3n) is 3.58. The maximum atomic E-state index is 13.2. The lowest BCUT2D eigenvalue weighted by atomic mass is 9.93. The highest BCUT2D eigenvalue weighted by Gasteiger charge is 2.25. The normalized spacial score (nSPS) is 21.7. The summed E-state index contributed by atoms with van der Waals surface area (Å²) < 4.78 is 18.1. The molecule has 4 heteroatoms. The highest BCUT2D eigenvalue weighted by Crippen LogP contribution is 2.29. The van der Waals surface area contributed by atoms with Gasteiger partial charge in [0.15, 0.2) is 0 Å². The Morgan fingerprint density at radius 2 is 2.33 bits per heavy atom. The van der Waals surface area contributed by atoms with Gasteiger partial charge in [0.25, 0.3) is 0 Å². The number of hydrogen-bond donors (Lipinski definition) is 1. The number of aliphatic hydroxyl groups excluding tert-OH is 1. The summed E-state index contributed by atoms with van der Waals surface area (Å²) in [5.74, 6) is -0.172. The monoisotopic (exact) mass is 253 g/mol. The van der Waals surface area contributed by atoms with Gasteiger partial charge in [-0.3, -0.25) is 4.90 Å². The van der Waals surface area contributed by atoms with E-state index in [1.165, 1.54) is 6.07 Å². The molecule has 3 nitrogen and oxygen atoms in total. The minimum atomic E-state index is -0.473. The van der Waals surface area contributed by atoms with Gasteiger partial charge in [0, 0.05) is 26.2 Å². The van der Waals surface area contributed by atoms with Crippen LogP contribution in [0.4, 0.5) is 4.39 Å². The van der Waals surface area contributed by atoms with Gasteiger partial charge in [0.2, 0.25) is 0 Å². The lowest BCUT2D eigenvalue weighted by Gasteiger charge is -2.36. The standard InChI is InChI=1S/C14H20FNO2/c1-10-14-4-3-12(15)7-11(14)5-6-16(10)8-13(17)9-18-2/h3-4,7,10,13,17H,5-6,8-9H2,1-2H3/t10-,13+/m0/s1. The molecule has 0 bridgehead atoms. The van der Waals surface area contributed by atoms with E-state index in [9.17, 15) is 9.50 Å². The van der Waals surface area contributed by atoms with Crippen molar-refractivity contribution in [2.45, 2.75) is 25.5 Å². The molecule has 0 aromatic heterocycles. The van der Waals surface area contributed by atoms with Crippen molar-refractivity contribution < 1.29 is 14.2 Å². The van der Waals surface area contributed by atoms with E-state index in [0.717, 1.165) is 24.1 Å². The smallest absolute Gasteiger partial charge is 0.123 e. The first-order chi connectivity index (χ1) is 8.61. The maximum absolute atomic E-state index is 13.2. The van der Waals surface area contributed by atoms with Crippen LogP contribution in [-0.4, -0.2) is 42.9 Å². The number of halogens is 1. The predicted octanol–water partition coefficient (Wildman–Crippen LogP) is 1.75. The topological polar surface area (TPSA) is 32.7 Å². The van der Waals surface area contributed by atoms with Crippen LogP contribution in [0.1, 0.15) is 24.1 Å². The predicted molar refractivity (Wildman–Crippen MR) is 68.0 cm³/mol. The van der Waals surface area contributed by atoms with Gasteiger partial charge >= 0.3 is 0 Å². The maximum Gasteiger partial charge on any atom is 0.123 e. The summed E-state index contributed by atoms with van der Waals surface area (Å²) >= 11 is 0. The van der Waals surface area contributed by atoms with E-state index in [2.05, 4.69) is 11.8 Å². The first kappa shape index (κ1) is 13.5. The molecule has 18 heavy (non-hydrogen) atoms. The number of methoxy groups -OCH3 is 1. The zero-order valence-electron chi connectivity index (χ0n) is 10.9. The summed E-state index contributed by atoms with van der Waals surface area (Å²) in [4.78, 5) is 2.21. The van der Waals surface area contributed by atoms with Gasteiger partial charge < -0.3 is 9.84 Å². The van der Waals surface area contributed by atoms with Crippen molar-refractivity contribution in [3.63, 3.8) is 0 Å². The van der Waals surface area contributed by atoms with Gasteiger partial charge in [-0.25, -0.2) is 4.39 Å². The summed E-state index contributed by atoms with van der Waals surface area (Å²) in [5.41, 5.74) is 2.24. The fraction of sp³-hybridized carbons (Fsp3) is 0.571. The Bertz CT molecular complexity index is 411. The van der Waals surface area contributed by atoms with Crippen LogP contribution in [0.2, 0.25) is 0 Å². The summed E-state index contributed by atoms with van der Waals surface area (Å²) in [6, 6.07) is 5.18. The van der Waals surface area contributed by atoms with Crippen LogP contribution in [-0.2, 0) is 11.2 Å². The summed E-state index contributed by atoms with van der Waals surface area (Å²) in [7, 11) is 1.58. The van der Waals surface area contributed by atoms with Crippen LogP contribution >= 0.6 is 0 Å². The lowest BCUT2D eigenvalue weighted by molar-refractivity contribution is 0.0263. The molecule has 100 valence electrons. The number of aliphatic hydroxyl groups is 1. The summed E-state index contributed by atoms with van der Waals surface area (Å²) in [6.07, 6.45) is 0.358. The molecule has 1 heterocycles. The van der Waals surface area contributed by atoms with E-state index in [-0.39, 0.29) is 11.9 Å².